The second-order valence-corrected chi connectivity index (χ2v) is 8.01. The molecule has 1 heterocycles. The molecule has 0 radical (unpaired) electrons. The van der Waals surface area contributed by atoms with Crippen molar-refractivity contribution in [1.82, 2.24) is 0 Å². The van der Waals surface area contributed by atoms with Crippen molar-refractivity contribution in [3.05, 3.63) is 101 Å². The van der Waals surface area contributed by atoms with E-state index in [4.69, 9.17) is 4.74 Å². The minimum Gasteiger partial charge on any atom is -0.507 e. The molecule has 3 aromatic rings. The van der Waals surface area contributed by atoms with Gasteiger partial charge in [0, 0.05) is 11.6 Å². The topological polar surface area (TPSA) is 66.8 Å². The highest BCUT2D eigenvalue weighted by Crippen LogP contribution is 2.43. The number of amides is 1. The largest absolute Gasteiger partial charge is 0.507 e. The van der Waals surface area contributed by atoms with E-state index in [1.54, 1.807) is 12.1 Å². The summed E-state index contributed by atoms with van der Waals surface area (Å²) in [6.07, 6.45) is -0.0751. The molecule has 1 fully saturated rings. The van der Waals surface area contributed by atoms with E-state index < -0.39 is 40.9 Å². The van der Waals surface area contributed by atoms with Gasteiger partial charge in [-0.25, -0.2) is 13.2 Å². The van der Waals surface area contributed by atoms with Gasteiger partial charge in [-0.05, 0) is 67.9 Å². The summed E-state index contributed by atoms with van der Waals surface area (Å²) in [7, 11) is 0. The van der Waals surface area contributed by atoms with Gasteiger partial charge in [0.1, 0.15) is 29.0 Å². The Kier molecular flexibility index (Phi) is 6.15. The number of nitrogens with zero attached hydrogens (tertiary/aromatic N) is 1. The Morgan fingerprint density at radius 2 is 1.53 bits per heavy atom. The number of aliphatic hydroxyl groups excluding tert-OH is 1. The number of hydrogen-bond donors (Lipinski definition) is 1. The summed E-state index contributed by atoms with van der Waals surface area (Å²) in [5.74, 6) is -4.61. The predicted molar refractivity (Wildman–Crippen MR) is 120 cm³/mol. The molecule has 0 bridgehead atoms. The van der Waals surface area contributed by atoms with E-state index in [0.717, 1.165) is 29.2 Å². The molecule has 3 aromatic carbocycles. The molecular weight excluding hydrogens is 447 g/mol. The first-order valence-electron chi connectivity index (χ1n) is 10.5. The first-order chi connectivity index (χ1) is 16.2. The minimum atomic E-state index is -1.27. The van der Waals surface area contributed by atoms with E-state index in [1.165, 1.54) is 24.3 Å². The summed E-state index contributed by atoms with van der Waals surface area (Å²) in [5.41, 5.74) is -0.179. The smallest absolute Gasteiger partial charge is 0.300 e. The normalized spacial score (nSPS) is 17.5. The van der Waals surface area contributed by atoms with Gasteiger partial charge in [-0.1, -0.05) is 12.1 Å². The van der Waals surface area contributed by atoms with Crippen molar-refractivity contribution in [3.63, 3.8) is 0 Å². The van der Waals surface area contributed by atoms with Gasteiger partial charge >= 0.3 is 0 Å². The Morgan fingerprint density at radius 1 is 0.912 bits per heavy atom. The maximum atomic E-state index is 14.7. The van der Waals surface area contributed by atoms with Crippen molar-refractivity contribution in [2.24, 2.45) is 0 Å². The highest BCUT2D eigenvalue weighted by atomic mass is 19.1. The van der Waals surface area contributed by atoms with Crippen LogP contribution < -0.4 is 9.64 Å². The van der Waals surface area contributed by atoms with E-state index in [2.05, 4.69) is 0 Å². The first kappa shape index (κ1) is 23.1. The van der Waals surface area contributed by atoms with Crippen LogP contribution in [-0.4, -0.2) is 22.9 Å². The molecule has 174 valence electrons. The molecule has 1 unspecified atom stereocenters. The maximum absolute atomic E-state index is 14.7. The van der Waals surface area contributed by atoms with Gasteiger partial charge < -0.3 is 9.84 Å². The number of halogens is 3. The van der Waals surface area contributed by atoms with Crippen LogP contribution in [0.25, 0.3) is 5.76 Å². The molecule has 8 heteroatoms. The van der Waals surface area contributed by atoms with Crippen LogP contribution in [0.3, 0.4) is 0 Å². The second-order valence-electron chi connectivity index (χ2n) is 8.01. The summed E-state index contributed by atoms with van der Waals surface area (Å²) in [4.78, 5) is 26.9. The fourth-order valence-electron chi connectivity index (χ4n) is 3.84. The zero-order valence-electron chi connectivity index (χ0n) is 18.3. The lowest BCUT2D eigenvalue weighted by Gasteiger charge is -2.25. The second kappa shape index (κ2) is 9.05. The Bertz CT molecular complexity index is 1280. The number of ketones is 1. The van der Waals surface area contributed by atoms with Crippen LogP contribution in [0.15, 0.2) is 72.3 Å². The summed E-state index contributed by atoms with van der Waals surface area (Å²) in [6.45, 7) is 3.71. The third-order valence-corrected chi connectivity index (χ3v) is 5.30. The maximum Gasteiger partial charge on any atom is 0.300 e. The SMILES string of the molecule is CC(C)Oc1ccc(/C(O)=C2\C(=O)C(=O)N(c3ccc(F)cc3F)C2c2ccc(F)cc2)cc1. The third-order valence-electron chi connectivity index (χ3n) is 5.30. The van der Waals surface area contributed by atoms with Crippen LogP contribution >= 0.6 is 0 Å². The molecule has 1 aliphatic rings. The number of carbonyl (C=O) groups excluding carboxylic acids is 2. The van der Waals surface area contributed by atoms with Crippen LogP contribution in [0.5, 0.6) is 5.75 Å². The van der Waals surface area contributed by atoms with E-state index >= 15 is 0 Å². The molecule has 1 amide bonds. The third kappa shape index (κ3) is 4.26. The molecule has 4 rings (SSSR count). The number of aliphatic hydroxyl groups is 1. The molecular formula is C26H20F3NO4. The number of Topliss-reactive ketones (excluding diaryl/α,β-unsaturated/α-hetero) is 1. The zero-order valence-corrected chi connectivity index (χ0v) is 18.3. The van der Waals surface area contributed by atoms with Gasteiger partial charge in [0.05, 0.1) is 23.4 Å². The van der Waals surface area contributed by atoms with Crippen LogP contribution in [0.4, 0.5) is 18.9 Å². The van der Waals surface area contributed by atoms with Crippen LogP contribution in [-0.2, 0) is 9.59 Å². The van der Waals surface area contributed by atoms with Crippen molar-refractivity contribution in [2.45, 2.75) is 26.0 Å². The van der Waals surface area contributed by atoms with Crippen molar-refractivity contribution in [3.8, 4) is 5.75 Å². The van der Waals surface area contributed by atoms with E-state index in [9.17, 15) is 27.9 Å². The van der Waals surface area contributed by atoms with Crippen LogP contribution in [0.2, 0.25) is 0 Å². The fraction of sp³-hybridized carbons (Fsp3) is 0.154. The summed E-state index contributed by atoms with van der Waals surface area (Å²) in [6, 6.07) is 12.4. The molecule has 1 saturated heterocycles. The number of carbonyl (C=O) groups is 2. The summed E-state index contributed by atoms with van der Waals surface area (Å²) < 4.78 is 47.3. The molecule has 0 aliphatic carbocycles. The highest BCUT2D eigenvalue weighted by molar-refractivity contribution is 6.51. The van der Waals surface area contributed by atoms with Crippen molar-refractivity contribution < 1.29 is 32.6 Å². The monoisotopic (exact) mass is 467 g/mol. The standard InChI is InChI=1S/C26H20F3NO4/c1-14(2)34-19-10-5-16(6-11-19)24(31)22-23(15-3-7-17(27)8-4-15)30(26(33)25(22)32)21-12-9-18(28)13-20(21)29/h3-14,23,31H,1-2H3/b24-22+. The van der Waals surface area contributed by atoms with Gasteiger partial charge in [-0.2, -0.15) is 0 Å². The Hall–Kier alpha value is -4.07. The number of anilines is 1. The molecule has 1 atom stereocenters. The highest BCUT2D eigenvalue weighted by Gasteiger charge is 2.47. The molecule has 1 N–H and O–H groups in total. The van der Waals surface area contributed by atoms with Crippen molar-refractivity contribution >= 4 is 23.1 Å². The number of ether oxygens (including phenoxy) is 1. The van der Waals surface area contributed by atoms with Gasteiger partial charge in [0.25, 0.3) is 11.7 Å². The zero-order chi connectivity index (χ0) is 24.6. The van der Waals surface area contributed by atoms with Gasteiger partial charge in [-0.3, -0.25) is 14.5 Å². The Labute approximate surface area is 193 Å². The minimum absolute atomic E-state index is 0.0751. The molecule has 0 saturated carbocycles. The number of rotatable bonds is 5. The molecule has 1 aliphatic heterocycles. The Balaban J connectivity index is 1.88. The van der Waals surface area contributed by atoms with Crippen LogP contribution in [0, 0.1) is 17.5 Å². The summed E-state index contributed by atoms with van der Waals surface area (Å²) in [5, 5.41) is 11.1. The lowest BCUT2D eigenvalue weighted by atomic mass is 9.95. The van der Waals surface area contributed by atoms with Crippen molar-refractivity contribution in [2.75, 3.05) is 4.90 Å². The molecule has 0 aromatic heterocycles. The van der Waals surface area contributed by atoms with E-state index in [1.807, 2.05) is 13.8 Å². The Morgan fingerprint density at radius 3 is 2.12 bits per heavy atom. The van der Waals surface area contributed by atoms with Gasteiger partial charge in [0.15, 0.2) is 0 Å². The lowest BCUT2D eigenvalue weighted by Crippen LogP contribution is -2.30. The fourth-order valence-corrected chi connectivity index (χ4v) is 3.84. The number of hydrogen-bond acceptors (Lipinski definition) is 4. The average molecular weight is 467 g/mol. The number of benzene rings is 3. The average Bonchev–Trinajstić information content (AvgIpc) is 3.05. The molecule has 5 nitrogen and oxygen atoms in total. The molecule has 0 spiro atoms. The lowest BCUT2D eigenvalue weighted by molar-refractivity contribution is -0.132. The first-order valence-corrected chi connectivity index (χ1v) is 10.5. The molecule has 34 heavy (non-hydrogen) atoms. The van der Waals surface area contributed by atoms with Gasteiger partial charge in [-0.15, -0.1) is 0 Å². The quantitative estimate of drug-likeness (QED) is 0.305. The predicted octanol–water partition coefficient (Wildman–Crippen LogP) is 5.52. The van der Waals surface area contributed by atoms with Crippen LogP contribution in [0.1, 0.15) is 31.0 Å². The summed E-state index contributed by atoms with van der Waals surface area (Å²) >= 11 is 0. The van der Waals surface area contributed by atoms with Gasteiger partial charge in [0.2, 0.25) is 0 Å². The van der Waals surface area contributed by atoms with E-state index in [0.29, 0.717) is 11.8 Å². The van der Waals surface area contributed by atoms with Crippen molar-refractivity contribution in [1.29, 1.82) is 0 Å². The van der Waals surface area contributed by atoms with E-state index in [-0.39, 0.29) is 28.5 Å².